The maximum atomic E-state index is 11.9. The Labute approximate surface area is 154 Å². The molecule has 0 heterocycles. The third-order valence-corrected chi connectivity index (χ3v) is 3.92. The maximum Gasteiger partial charge on any atom is 0.250 e. The lowest BCUT2D eigenvalue weighted by Gasteiger charge is -2.21. The number of nitrogens with one attached hydrogen (secondary N) is 2. The Balaban J connectivity index is 1.87. The van der Waals surface area contributed by atoms with Crippen molar-refractivity contribution in [3.63, 3.8) is 0 Å². The third kappa shape index (κ3) is 6.04. The van der Waals surface area contributed by atoms with Gasteiger partial charge in [0.25, 0.3) is 0 Å². The zero-order valence-electron chi connectivity index (χ0n) is 14.5. The van der Waals surface area contributed by atoms with Crippen LogP contribution in [0.5, 0.6) is 0 Å². The van der Waals surface area contributed by atoms with E-state index in [4.69, 9.17) is 12.2 Å². The normalized spacial score (nSPS) is 10.5. The number of rotatable bonds is 6. The summed E-state index contributed by atoms with van der Waals surface area (Å²) in [7, 11) is 0. The molecular formula is C20H23N3OS. The summed E-state index contributed by atoms with van der Waals surface area (Å²) in [5.74, 6) is -0.263. The van der Waals surface area contributed by atoms with Gasteiger partial charge in [0.2, 0.25) is 5.91 Å². The standard InChI is InChI=1S/C20H23N3OS/c1-3-23(4-2)18-13-11-17(12-14-18)21-20(25)22-19(24)15-10-16-8-6-5-7-9-16/h5-15H,3-4H2,1-2H3,(H2,21,22,24,25)/b15-10+. The van der Waals surface area contributed by atoms with Crippen molar-refractivity contribution in [1.82, 2.24) is 5.32 Å². The van der Waals surface area contributed by atoms with E-state index in [9.17, 15) is 4.79 Å². The van der Waals surface area contributed by atoms with Crippen molar-refractivity contribution in [2.75, 3.05) is 23.3 Å². The zero-order chi connectivity index (χ0) is 18.1. The highest BCUT2D eigenvalue weighted by Crippen LogP contribution is 2.17. The van der Waals surface area contributed by atoms with E-state index in [0.717, 1.165) is 30.0 Å². The summed E-state index contributed by atoms with van der Waals surface area (Å²) in [5.41, 5.74) is 2.97. The van der Waals surface area contributed by atoms with Crippen LogP contribution in [0.15, 0.2) is 60.7 Å². The third-order valence-electron chi connectivity index (χ3n) is 3.72. The minimum atomic E-state index is -0.263. The van der Waals surface area contributed by atoms with Crippen LogP contribution in [0, 0.1) is 0 Å². The number of anilines is 2. The molecule has 4 nitrogen and oxygen atoms in total. The van der Waals surface area contributed by atoms with Crippen molar-refractivity contribution in [1.29, 1.82) is 0 Å². The quantitative estimate of drug-likeness (QED) is 0.607. The Bertz CT molecular complexity index is 722. The number of hydrogen-bond donors (Lipinski definition) is 2. The van der Waals surface area contributed by atoms with Gasteiger partial charge in [0.1, 0.15) is 0 Å². The molecule has 0 aliphatic heterocycles. The highest BCUT2D eigenvalue weighted by atomic mass is 32.1. The smallest absolute Gasteiger partial charge is 0.250 e. The van der Waals surface area contributed by atoms with Crippen molar-refractivity contribution in [3.05, 3.63) is 66.2 Å². The Morgan fingerprint density at radius 1 is 1.04 bits per heavy atom. The Morgan fingerprint density at radius 3 is 2.28 bits per heavy atom. The second-order valence-corrected chi connectivity index (χ2v) is 5.81. The summed E-state index contributed by atoms with van der Waals surface area (Å²) >= 11 is 5.19. The maximum absolute atomic E-state index is 11.9. The Kier molecular flexibility index (Phi) is 7.16. The molecule has 2 aromatic carbocycles. The first kappa shape index (κ1) is 18.7. The fourth-order valence-corrected chi connectivity index (χ4v) is 2.61. The summed E-state index contributed by atoms with van der Waals surface area (Å²) in [6, 6.07) is 17.6. The summed E-state index contributed by atoms with van der Waals surface area (Å²) in [6.07, 6.45) is 3.21. The molecule has 25 heavy (non-hydrogen) atoms. The lowest BCUT2D eigenvalue weighted by molar-refractivity contribution is -0.115. The topological polar surface area (TPSA) is 44.4 Å². The summed E-state index contributed by atoms with van der Waals surface area (Å²) in [4.78, 5) is 14.2. The van der Waals surface area contributed by atoms with E-state index < -0.39 is 0 Å². The van der Waals surface area contributed by atoms with Crippen LogP contribution >= 0.6 is 12.2 Å². The first-order valence-corrected chi connectivity index (χ1v) is 8.73. The number of nitrogens with zero attached hydrogens (tertiary/aromatic N) is 1. The van der Waals surface area contributed by atoms with Crippen molar-refractivity contribution >= 4 is 40.7 Å². The van der Waals surface area contributed by atoms with Gasteiger partial charge in [-0.15, -0.1) is 0 Å². The number of thiocarbonyl (C=S) groups is 1. The predicted octanol–water partition coefficient (Wildman–Crippen LogP) is 4.06. The van der Waals surface area contributed by atoms with Crippen LogP contribution in [-0.2, 0) is 4.79 Å². The fourth-order valence-electron chi connectivity index (χ4n) is 2.40. The molecule has 0 bridgehead atoms. The van der Waals surface area contributed by atoms with Crippen molar-refractivity contribution in [2.45, 2.75) is 13.8 Å². The summed E-state index contributed by atoms with van der Waals surface area (Å²) in [6.45, 7) is 6.18. The number of amides is 1. The molecule has 0 aliphatic carbocycles. The molecule has 2 aromatic rings. The first-order valence-electron chi connectivity index (χ1n) is 8.32. The molecule has 0 saturated carbocycles. The molecule has 2 rings (SSSR count). The van der Waals surface area contributed by atoms with Crippen LogP contribution in [0.3, 0.4) is 0 Å². The van der Waals surface area contributed by atoms with E-state index in [1.165, 1.54) is 6.08 Å². The van der Waals surface area contributed by atoms with Gasteiger partial charge in [-0.1, -0.05) is 30.3 Å². The minimum absolute atomic E-state index is 0.263. The molecule has 0 spiro atoms. The second kappa shape index (κ2) is 9.59. The molecule has 0 fully saturated rings. The van der Waals surface area contributed by atoms with E-state index in [0.29, 0.717) is 0 Å². The largest absolute Gasteiger partial charge is 0.372 e. The monoisotopic (exact) mass is 353 g/mol. The molecule has 130 valence electrons. The van der Waals surface area contributed by atoms with Gasteiger partial charge < -0.3 is 10.2 Å². The molecule has 0 aliphatic rings. The molecule has 5 heteroatoms. The van der Waals surface area contributed by atoms with E-state index in [2.05, 4.69) is 29.4 Å². The van der Waals surface area contributed by atoms with Gasteiger partial charge in [0, 0.05) is 30.5 Å². The molecule has 2 N–H and O–H groups in total. The summed E-state index contributed by atoms with van der Waals surface area (Å²) < 4.78 is 0. The van der Waals surface area contributed by atoms with E-state index in [-0.39, 0.29) is 11.0 Å². The van der Waals surface area contributed by atoms with Crippen LogP contribution in [0.2, 0.25) is 0 Å². The van der Waals surface area contributed by atoms with Crippen molar-refractivity contribution in [2.24, 2.45) is 0 Å². The van der Waals surface area contributed by atoms with Gasteiger partial charge in [-0.25, -0.2) is 0 Å². The number of carbonyl (C=O) groups is 1. The van der Waals surface area contributed by atoms with Gasteiger partial charge in [0.15, 0.2) is 5.11 Å². The van der Waals surface area contributed by atoms with Gasteiger partial charge in [-0.05, 0) is 62.0 Å². The lowest BCUT2D eigenvalue weighted by atomic mass is 10.2. The first-order chi connectivity index (χ1) is 12.1. The highest BCUT2D eigenvalue weighted by Gasteiger charge is 2.04. The Hall–Kier alpha value is -2.66. The number of benzene rings is 2. The van der Waals surface area contributed by atoms with Crippen LogP contribution in [0.4, 0.5) is 11.4 Å². The fraction of sp³-hybridized carbons (Fsp3) is 0.200. The molecule has 0 unspecified atom stereocenters. The van der Waals surface area contributed by atoms with E-state index in [1.807, 2.05) is 54.6 Å². The molecule has 0 radical (unpaired) electrons. The van der Waals surface area contributed by atoms with Gasteiger partial charge in [-0.2, -0.15) is 0 Å². The second-order valence-electron chi connectivity index (χ2n) is 5.41. The molecule has 0 atom stereocenters. The Morgan fingerprint density at radius 2 is 1.68 bits per heavy atom. The van der Waals surface area contributed by atoms with E-state index >= 15 is 0 Å². The number of hydrogen-bond acceptors (Lipinski definition) is 3. The van der Waals surface area contributed by atoms with Crippen LogP contribution in [0.25, 0.3) is 6.08 Å². The zero-order valence-corrected chi connectivity index (χ0v) is 15.3. The number of carbonyl (C=O) groups excluding carboxylic acids is 1. The predicted molar refractivity (Wildman–Crippen MR) is 110 cm³/mol. The van der Waals surface area contributed by atoms with Crippen LogP contribution in [-0.4, -0.2) is 24.1 Å². The summed E-state index contributed by atoms with van der Waals surface area (Å²) in [5, 5.41) is 5.94. The lowest BCUT2D eigenvalue weighted by Crippen LogP contribution is -2.32. The van der Waals surface area contributed by atoms with Crippen molar-refractivity contribution < 1.29 is 4.79 Å². The minimum Gasteiger partial charge on any atom is -0.372 e. The van der Waals surface area contributed by atoms with Gasteiger partial charge in [-0.3, -0.25) is 10.1 Å². The average Bonchev–Trinajstić information content (AvgIpc) is 2.63. The average molecular weight is 353 g/mol. The van der Waals surface area contributed by atoms with E-state index in [1.54, 1.807) is 6.08 Å². The molecule has 0 saturated heterocycles. The molecule has 0 aromatic heterocycles. The van der Waals surface area contributed by atoms with Crippen molar-refractivity contribution in [3.8, 4) is 0 Å². The SMILES string of the molecule is CCN(CC)c1ccc(NC(=S)NC(=O)/C=C/c2ccccc2)cc1. The molecule has 1 amide bonds. The highest BCUT2D eigenvalue weighted by molar-refractivity contribution is 7.80. The molecular weight excluding hydrogens is 330 g/mol. The van der Waals surface area contributed by atoms with Crippen LogP contribution < -0.4 is 15.5 Å². The van der Waals surface area contributed by atoms with Crippen LogP contribution in [0.1, 0.15) is 19.4 Å². The van der Waals surface area contributed by atoms with Gasteiger partial charge >= 0.3 is 0 Å². The van der Waals surface area contributed by atoms with Gasteiger partial charge in [0.05, 0.1) is 0 Å².